The summed E-state index contributed by atoms with van der Waals surface area (Å²) in [5.74, 6) is 0.0536. The third kappa shape index (κ3) is 4.03. The van der Waals surface area contributed by atoms with E-state index < -0.39 is 0 Å². The van der Waals surface area contributed by atoms with Crippen molar-refractivity contribution in [2.24, 2.45) is 5.41 Å². The van der Waals surface area contributed by atoms with E-state index >= 15 is 0 Å². The molecule has 1 aliphatic rings. The Labute approximate surface area is 176 Å². The van der Waals surface area contributed by atoms with Gasteiger partial charge in [0, 0.05) is 47.9 Å². The average molecular weight is 404 g/mol. The van der Waals surface area contributed by atoms with E-state index in [1.807, 2.05) is 6.92 Å². The molecular weight excluding hydrogens is 379 g/mol. The highest BCUT2D eigenvalue weighted by Gasteiger charge is 2.32. The number of amides is 1. The quantitative estimate of drug-likeness (QED) is 0.659. The third-order valence-electron chi connectivity index (χ3n) is 5.47. The van der Waals surface area contributed by atoms with Crippen molar-refractivity contribution in [2.45, 2.75) is 27.2 Å². The maximum absolute atomic E-state index is 14.6. The van der Waals surface area contributed by atoms with E-state index in [0.717, 1.165) is 25.2 Å². The topological polar surface area (TPSA) is 58.1 Å². The summed E-state index contributed by atoms with van der Waals surface area (Å²) < 4.78 is 14.6. The second kappa shape index (κ2) is 7.86. The first-order chi connectivity index (χ1) is 14.3. The number of rotatable bonds is 4. The van der Waals surface area contributed by atoms with E-state index in [4.69, 9.17) is 0 Å². The highest BCUT2D eigenvalue weighted by Crippen LogP contribution is 2.40. The van der Waals surface area contributed by atoms with Crippen LogP contribution in [0.3, 0.4) is 0 Å². The van der Waals surface area contributed by atoms with Gasteiger partial charge in [0.05, 0.1) is 5.69 Å². The second-order valence-electron chi connectivity index (χ2n) is 8.51. The fourth-order valence-electron chi connectivity index (χ4n) is 3.88. The predicted molar refractivity (Wildman–Crippen MR) is 117 cm³/mol. The van der Waals surface area contributed by atoms with Gasteiger partial charge in [-0.05, 0) is 43.0 Å². The number of carbonyl (C=O) groups excluding carboxylic acids is 1. The van der Waals surface area contributed by atoms with Crippen molar-refractivity contribution in [2.75, 3.05) is 23.3 Å². The van der Waals surface area contributed by atoms with Gasteiger partial charge in [-0.15, -0.1) is 0 Å². The Bertz CT molecular complexity index is 1100. The number of anilines is 2. The molecule has 0 saturated carbocycles. The minimum Gasteiger partial charge on any atom is -0.354 e. The van der Waals surface area contributed by atoms with Gasteiger partial charge in [-0.25, -0.2) is 9.37 Å². The Morgan fingerprint density at radius 1 is 1.10 bits per heavy atom. The molecule has 3 heterocycles. The molecule has 1 saturated heterocycles. The smallest absolute Gasteiger partial charge is 0.255 e. The Hall–Kier alpha value is -3.28. The van der Waals surface area contributed by atoms with Gasteiger partial charge >= 0.3 is 0 Å². The molecule has 1 amide bonds. The molecule has 1 fully saturated rings. The summed E-state index contributed by atoms with van der Waals surface area (Å²) in [5.41, 5.74) is 2.98. The van der Waals surface area contributed by atoms with Gasteiger partial charge < -0.3 is 10.2 Å². The third-order valence-corrected chi connectivity index (χ3v) is 5.47. The summed E-state index contributed by atoms with van der Waals surface area (Å²) in [6.45, 7) is 7.91. The minimum atomic E-state index is -0.341. The van der Waals surface area contributed by atoms with Crippen molar-refractivity contribution in [1.82, 2.24) is 9.97 Å². The first kappa shape index (κ1) is 20.0. The fourth-order valence-corrected chi connectivity index (χ4v) is 3.88. The van der Waals surface area contributed by atoms with Crippen LogP contribution < -0.4 is 10.2 Å². The Morgan fingerprint density at radius 2 is 1.87 bits per heavy atom. The summed E-state index contributed by atoms with van der Waals surface area (Å²) >= 11 is 0. The molecule has 0 radical (unpaired) electrons. The zero-order chi connectivity index (χ0) is 21.3. The molecule has 0 aliphatic carbocycles. The molecule has 0 unspecified atom stereocenters. The van der Waals surface area contributed by atoms with Gasteiger partial charge in [0.1, 0.15) is 5.82 Å². The van der Waals surface area contributed by atoms with Crippen molar-refractivity contribution in [3.63, 3.8) is 0 Å². The second-order valence-corrected chi connectivity index (χ2v) is 8.51. The zero-order valence-electron chi connectivity index (χ0n) is 17.4. The van der Waals surface area contributed by atoms with E-state index in [2.05, 4.69) is 34.0 Å². The lowest BCUT2D eigenvalue weighted by Crippen LogP contribution is -2.26. The van der Waals surface area contributed by atoms with Gasteiger partial charge in [0.25, 0.3) is 5.91 Å². The van der Waals surface area contributed by atoms with E-state index in [1.54, 1.807) is 48.8 Å². The highest BCUT2D eigenvalue weighted by molar-refractivity contribution is 6.08. The van der Waals surface area contributed by atoms with Crippen LogP contribution in [-0.2, 0) is 0 Å². The monoisotopic (exact) mass is 404 g/mol. The van der Waals surface area contributed by atoms with E-state index in [9.17, 15) is 9.18 Å². The van der Waals surface area contributed by atoms with Crippen LogP contribution in [0.1, 0.15) is 36.3 Å². The number of nitrogens with zero attached hydrogens (tertiary/aromatic N) is 3. The molecular formula is C24H25FN4O. The van der Waals surface area contributed by atoms with Crippen LogP contribution >= 0.6 is 0 Å². The molecule has 30 heavy (non-hydrogen) atoms. The molecule has 0 spiro atoms. The van der Waals surface area contributed by atoms with E-state index in [0.29, 0.717) is 28.2 Å². The highest BCUT2D eigenvalue weighted by atomic mass is 19.1. The Balaban J connectivity index is 1.81. The molecule has 5 nitrogen and oxygen atoms in total. The maximum atomic E-state index is 14.6. The normalized spacial score (nSPS) is 15.3. The van der Waals surface area contributed by atoms with Crippen LogP contribution in [0.15, 0.2) is 54.9 Å². The Kier molecular flexibility index (Phi) is 5.24. The van der Waals surface area contributed by atoms with Crippen LogP contribution in [0.2, 0.25) is 0 Å². The summed E-state index contributed by atoms with van der Waals surface area (Å²) in [6.07, 6.45) is 4.30. The molecule has 0 bridgehead atoms. The molecule has 3 aromatic rings. The van der Waals surface area contributed by atoms with Gasteiger partial charge in [-0.2, -0.15) is 0 Å². The number of hydrogen-bond donors (Lipinski definition) is 1. The van der Waals surface area contributed by atoms with Crippen molar-refractivity contribution in [3.05, 3.63) is 71.9 Å². The molecule has 1 aliphatic heterocycles. The number of aryl methyl sites for hydroxylation is 1. The van der Waals surface area contributed by atoms with Crippen molar-refractivity contribution in [1.29, 1.82) is 0 Å². The first-order valence-electron chi connectivity index (χ1n) is 10.1. The maximum Gasteiger partial charge on any atom is 0.255 e. The van der Waals surface area contributed by atoms with Crippen molar-refractivity contribution < 1.29 is 9.18 Å². The lowest BCUT2D eigenvalue weighted by Gasteiger charge is -2.25. The fraction of sp³-hybridized carbons (Fsp3) is 0.292. The van der Waals surface area contributed by atoms with Crippen molar-refractivity contribution >= 4 is 17.4 Å². The van der Waals surface area contributed by atoms with Crippen LogP contribution in [-0.4, -0.2) is 29.0 Å². The molecule has 1 aromatic carbocycles. The number of nitrogens with one attached hydrogen (secondary N) is 1. The van der Waals surface area contributed by atoms with E-state index in [1.165, 1.54) is 6.07 Å². The zero-order valence-corrected chi connectivity index (χ0v) is 17.4. The SMILES string of the molecule is Cc1cc(C(=O)Nc2c(-c3ccccc3F)ccnc2N2CCC(C)(C)C2)ccn1. The van der Waals surface area contributed by atoms with Crippen LogP contribution in [0.5, 0.6) is 0 Å². The van der Waals surface area contributed by atoms with Crippen molar-refractivity contribution in [3.8, 4) is 11.1 Å². The minimum absolute atomic E-state index is 0.152. The number of halogens is 1. The number of aromatic nitrogens is 2. The Morgan fingerprint density at radius 3 is 2.57 bits per heavy atom. The van der Waals surface area contributed by atoms with Gasteiger partial charge in [-0.1, -0.05) is 32.0 Å². The van der Waals surface area contributed by atoms with E-state index in [-0.39, 0.29) is 17.1 Å². The lowest BCUT2D eigenvalue weighted by molar-refractivity contribution is 0.102. The number of pyridine rings is 2. The van der Waals surface area contributed by atoms with Gasteiger partial charge in [-0.3, -0.25) is 9.78 Å². The van der Waals surface area contributed by atoms with Crippen LogP contribution in [0.25, 0.3) is 11.1 Å². The summed E-state index contributed by atoms with van der Waals surface area (Å²) in [5, 5.41) is 3.02. The summed E-state index contributed by atoms with van der Waals surface area (Å²) in [4.78, 5) is 23.9. The summed E-state index contributed by atoms with van der Waals surface area (Å²) in [7, 11) is 0. The van der Waals surface area contributed by atoms with Crippen LogP contribution in [0.4, 0.5) is 15.9 Å². The largest absolute Gasteiger partial charge is 0.354 e. The molecule has 1 N–H and O–H groups in total. The number of carbonyl (C=O) groups is 1. The first-order valence-corrected chi connectivity index (χ1v) is 10.1. The van der Waals surface area contributed by atoms with Crippen LogP contribution in [0, 0.1) is 18.2 Å². The molecule has 2 aromatic heterocycles. The number of hydrogen-bond acceptors (Lipinski definition) is 4. The van der Waals surface area contributed by atoms with Gasteiger partial charge in [0.2, 0.25) is 0 Å². The summed E-state index contributed by atoms with van der Waals surface area (Å²) in [6, 6.07) is 11.7. The molecule has 0 atom stereocenters. The predicted octanol–water partition coefficient (Wildman–Crippen LogP) is 5.08. The average Bonchev–Trinajstić information content (AvgIpc) is 3.08. The molecule has 154 valence electrons. The number of benzene rings is 1. The standard InChI is InChI=1S/C24H25FN4O/c1-16-14-17(8-11-26-16)23(30)28-21-19(18-6-4-5-7-20(18)25)9-12-27-22(21)29-13-10-24(2,3)15-29/h4-9,11-12,14H,10,13,15H2,1-3H3,(H,28,30). The lowest BCUT2D eigenvalue weighted by atomic mass is 9.93. The van der Waals surface area contributed by atoms with Gasteiger partial charge in [0.15, 0.2) is 5.82 Å². The molecule has 6 heteroatoms. The molecule has 4 rings (SSSR count).